The van der Waals surface area contributed by atoms with Crippen molar-refractivity contribution in [2.24, 2.45) is 5.73 Å². The molecule has 20 heavy (non-hydrogen) atoms. The Balaban J connectivity index is 2.23. The predicted octanol–water partition coefficient (Wildman–Crippen LogP) is 5.01. The number of rotatable bonds is 4. The second-order valence-corrected chi connectivity index (χ2v) is 6.08. The summed E-state index contributed by atoms with van der Waals surface area (Å²) in [6, 6.07) is 11.0. The van der Waals surface area contributed by atoms with Gasteiger partial charge in [0.25, 0.3) is 0 Å². The highest BCUT2D eigenvalue weighted by molar-refractivity contribution is 9.10. The molecule has 5 heteroatoms. The molecule has 0 spiro atoms. The molecule has 0 amide bonds. The van der Waals surface area contributed by atoms with Crippen molar-refractivity contribution in [3.8, 4) is 5.75 Å². The molecule has 0 saturated carbocycles. The van der Waals surface area contributed by atoms with Crippen molar-refractivity contribution < 1.29 is 4.74 Å². The van der Waals surface area contributed by atoms with E-state index in [1.54, 1.807) is 19.2 Å². The Morgan fingerprint density at radius 2 is 1.85 bits per heavy atom. The van der Waals surface area contributed by atoms with Crippen LogP contribution in [-0.4, -0.2) is 7.11 Å². The second-order valence-electron chi connectivity index (χ2n) is 4.41. The first-order valence-corrected chi connectivity index (χ1v) is 7.59. The Bertz CT molecular complexity index is 599. The summed E-state index contributed by atoms with van der Waals surface area (Å²) in [6.07, 6.45) is 0.645. The Kier molecular flexibility index (Phi) is 5.33. The average Bonchev–Trinajstić information content (AvgIpc) is 2.38. The van der Waals surface area contributed by atoms with Crippen LogP contribution in [0.25, 0.3) is 0 Å². The van der Waals surface area contributed by atoms with Crippen LogP contribution in [0.15, 0.2) is 40.9 Å². The van der Waals surface area contributed by atoms with Crippen LogP contribution in [0.2, 0.25) is 10.0 Å². The van der Waals surface area contributed by atoms with Gasteiger partial charge in [-0.1, -0.05) is 35.3 Å². The first-order chi connectivity index (χ1) is 9.52. The number of nitrogens with two attached hydrogens (primary N) is 1. The van der Waals surface area contributed by atoms with Crippen LogP contribution in [0.1, 0.15) is 17.2 Å². The van der Waals surface area contributed by atoms with Gasteiger partial charge in [0.15, 0.2) is 0 Å². The molecule has 1 atom stereocenters. The lowest BCUT2D eigenvalue weighted by Crippen LogP contribution is -2.14. The quantitative estimate of drug-likeness (QED) is 0.816. The van der Waals surface area contributed by atoms with Crippen LogP contribution in [0, 0.1) is 0 Å². The molecule has 0 aliphatic heterocycles. The first kappa shape index (κ1) is 15.6. The van der Waals surface area contributed by atoms with E-state index in [0.717, 1.165) is 21.3 Å². The molecule has 0 aliphatic carbocycles. The number of hydrogen-bond donors (Lipinski definition) is 1. The molecule has 1 unspecified atom stereocenters. The summed E-state index contributed by atoms with van der Waals surface area (Å²) in [5.74, 6) is 0.790. The maximum atomic E-state index is 6.23. The number of ether oxygens (including phenoxy) is 1. The third kappa shape index (κ3) is 3.47. The molecule has 0 fully saturated rings. The zero-order chi connectivity index (χ0) is 14.7. The van der Waals surface area contributed by atoms with Gasteiger partial charge in [-0.3, -0.25) is 0 Å². The highest BCUT2D eigenvalue weighted by Gasteiger charge is 2.15. The van der Waals surface area contributed by atoms with E-state index in [1.807, 2.05) is 24.3 Å². The van der Waals surface area contributed by atoms with Crippen LogP contribution >= 0.6 is 39.1 Å². The van der Waals surface area contributed by atoms with Crippen molar-refractivity contribution >= 4 is 39.1 Å². The lowest BCUT2D eigenvalue weighted by atomic mass is 9.99. The zero-order valence-corrected chi connectivity index (χ0v) is 14.0. The summed E-state index contributed by atoms with van der Waals surface area (Å²) in [5.41, 5.74) is 8.10. The number of methoxy groups -OCH3 is 1. The highest BCUT2D eigenvalue weighted by atomic mass is 79.9. The van der Waals surface area contributed by atoms with Crippen LogP contribution < -0.4 is 10.5 Å². The van der Waals surface area contributed by atoms with E-state index in [4.69, 9.17) is 33.7 Å². The van der Waals surface area contributed by atoms with Gasteiger partial charge in [0.2, 0.25) is 0 Å². The number of halogens is 3. The van der Waals surface area contributed by atoms with Gasteiger partial charge in [0, 0.05) is 21.7 Å². The van der Waals surface area contributed by atoms with Gasteiger partial charge in [-0.2, -0.15) is 0 Å². The van der Waals surface area contributed by atoms with E-state index in [0.29, 0.717) is 16.5 Å². The molecule has 2 aromatic carbocycles. The molecule has 0 aromatic heterocycles. The van der Waals surface area contributed by atoms with E-state index in [9.17, 15) is 0 Å². The van der Waals surface area contributed by atoms with Gasteiger partial charge in [-0.25, -0.2) is 0 Å². The van der Waals surface area contributed by atoms with Gasteiger partial charge >= 0.3 is 0 Å². The van der Waals surface area contributed by atoms with Crippen molar-refractivity contribution in [2.75, 3.05) is 7.11 Å². The maximum Gasteiger partial charge on any atom is 0.133 e. The Morgan fingerprint density at radius 1 is 1.20 bits per heavy atom. The number of hydrogen-bond acceptors (Lipinski definition) is 2. The fourth-order valence-corrected chi connectivity index (χ4v) is 3.32. The standard InChI is InChI=1S/C15H14BrCl2NO/c1-20-14-6-5-9(7-10(14)16)8-13(19)15-11(17)3-2-4-12(15)18/h2-7,13H,8,19H2,1H3. The van der Waals surface area contributed by atoms with Gasteiger partial charge in [0.1, 0.15) is 5.75 Å². The predicted molar refractivity (Wildman–Crippen MR) is 87.8 cm³/mol. The molecule has 0 heterocycles. The van der Waals surface area contributed by atoms with Crippen molar-refractivity contribution in [3.05, 3.63) is 62.0 Å². The molecule has 2 nitrogen and oxygen atoms in total. The van der Waals surface area contributed by atoms with E-state index in [-0.39, 0.29) is 6.04 Å². The smallest absolute Gasteiger partial charge is 0.133 e. The summed E-state index contributed by atoms with van der Waals surface area (Å²) in [6.45, 7) is 0. The molecule has 106 valence electrons. The first-order valence-electron chi connectivity index (χ1n) is 6.05. The Hall–Kier alpha value is -0.740. The molecule has 2 N–H and O–H groups in total. The molecule has 0 radical (unpaired) electrons. The fraction of sp³-hybridized carbons (Fsp3) is 0.200. The highest BCUT2D eigenvalue weighted by Crippen LogP contribution is 2.32. The SMILES string of the molecule is COc1ccc(CC(N)c2c(Cl)cccc2Cl)cc1Br. The molecule has 0 bridgehead atoms. The van der Waals surface area contributed by atoms with Crippen LogP contribution in [-0.2, 0) is 6.42 Å². The molecule has 2 aromatic rings. The molecule has 0 saturated heterocycles. The minimum atomic E-state index is -0.253. The molecule has 2 rings (SSSR count). The topological polar surface area (TPSA) is 35.2 Å². The van der Waals surface area contributed by atoms with E-state index in [2.05, 4.69) is 15.9 Å². The monoisotopic (exact) mass is 373 g/mol. The van der Waals surface area contributed by atoms with E-state index >= 15 is 0 Å². The minimum absolute atomic E-state index is 0.253. The third-order valence-electron chi connectivity index (χ3n) is 3.04. The zero-order valence-electron chi connectivity index (χ0n) is 10.9. The lowest BCUT2D eigenvalue weighted by molar-refractivity contribution is 0.412. The van der Waals surface area contributed by atoms with Crippen molar-refractivity contribution in [2.45, 2.75) is 12.5 Å². The van der Waals surface area contributed by atoms with Gasteiger partial charge in [-0.05, 0) is 52.2 Å². The van der Waals surface area contributed by atoms with Crippen LogP contribution in [0.3, 0.4) is 0 Å². The second kappa shape index (κ2) is 6.81. The Morgan fingerprint density at radius 3 is 2.40 bits per heavy atom. The van der Waals surface area contributed by atoms with Gasteiger partial charge < -0.3 is 10.5 Å². The van der Waals surface area contributed by atoms with Crippen LogP contribution in [0.4, 0.5) is 0 Å². The number of benzene rings is 2. The van der Waals surface area contributed by atoms with Crippen LogP contribution in [0.5, 0.6) is 5.75 Å². The van der Waals surface area contributed by atoms with Crippen molar-refractivity contribution in [1.29, 1.82) is 0 Å². The maximum absolute atomic E-state index is 6.23. The normalized spacial score (nSPS) is 12.2. The molecule has 0 aliphatic rings. The van der Waals surface area contributed by atoms with E-state index < -0.39 is 0 Å². The van der Waals surface area contributed by atoms with Crippen molar-refractivity contribution in [1.82, 2.24) is 0 Å². The fourth-order valence-electron chi connectivity index (χ4n) is 2.06. The largest absolute Gasteiger partial charge is 0.496 e. The summed E-state index contributed by atoms with van der Waals surface area (Å²) < 4.78 is 6.11. The summed E-state index contributed by atoms with van der Waals surface area (Å²) in [7, 11) is 1.63. The summed E-state index contributed by atoms with van der Waals surface area (Å²) >= 11 is 15.8. The van der Waals surface area contributed by atoms with E-state index in [1.165, 1.54) is 0 Å². The van der Waals surface area contributed by atoms with Gasteiger partial charge in [-0.15, -0.1) is 0 Å². The average molecular weight is 375 g/mol. The molecular formula is C15H14BrCl2NO. The third-order valence-corrected chi connectivity index (χ3v) is 4.32. The minimum Gasteiger partial charge on any atom is -0.496 e. The lowest BCUT2D eigenvalue weighted by Gasteiger charge is -2.16. The summed E-state index contributed by atoms with van der Waals surface area (Å²) in [5, 5.41) is 1.19. The molecular weight excluding hydrogens is 361 g/mol. The van der Waals surface area contributed by atoms with Gasteiger partial charge in [0.05, 0.1) is 11.6 Å². The van der Waals surface area contributed by atoms with Crippen molar-refractivity contribution in [3.63, 3.8) is 0 Å². The Labute approximate surface area is 137 Å². The summed E-state index contributed by atoms with van der Waals surface area (Å²) in [4.78, 5) is 0.